The van der Waals surface area contributed by atoms with Crippen molar-refractivity contribution < 1.29 is 13.9 Å². The van der Waals surface area contributed by atoms with E-state index in [1.54, 1.807) is 0 Å². The standard InChI is InChI=1S/C19H25NO3/c1-13-6-5-8-16(10-13)22-14(2)19(21)20-12-17-11-15-7-3-4-9-18(15)23-17/h3-4,7,9,11,13-14,16H,5-6,8,10,12H2,1-2H3,(H,20,21). The second-order valence-electron chi connectivity index (χ2n) is 6.64. The number of fused-ring (bicyclic) bond motifs is 1. The van der Waals surface area contributed by atoms with Crippen molar-refractivity contribution in [3.63, 3.8) is 0 Å². The predicted octanol–water partition coefficient (Wildman–Crippen LogP) is 4.03. The third-order valence-electron chi connectivity index (χ3n) is 4.57. The van der Waals surface area contributed by atoms with E-state index in [-0.39, 0.29) is 12.0 Å². The van der Waals surface area contributed by atoms with Crippen LogP contribution in [0.3, 0.4) is 0 Å². The molecule has 23 heavy (non-hydrogen) atoms. The normalized spacial score (nSPS) is 22.9. The van der Waals surface area contributed by atoms with Crippen LogP contribution in [0, 0.1) is 5.92 Å². The van der Waals surface area contributed by atoms with E-state index in [0.29, 0.717) is 12.5 Å². The molecule has 1 aromatic carbocycles. The van der Waals surface area contributed by atoms with Crippen LogP contribution in [0.1, 0.15) is 45.3 Å². The first kappa shape index (κ1) is 16.1. The molecule has 0 radical (unpaired) electrons. The third kappa shape index (κ3) is 4.14. The Labute approximate surface area is 137 Å². The van der Waals surface area contributed by atoms with Crippen LogP contribution in [-0.4, -0.2) is 18.1 Å². The number of amides is 1. The zero-order valence-corrected chi connectivity index (χ0v) is 13.9. The molecule has 0 aliphatic heterocycles. The minimum absolute atomic E-state index is 0.0799. The Balaban J connectivity index is 1.50. The summed E-state index contributed by atoms with van der Waals surface area (Å²) in [5, 5.41) is 3.96. The van der Waals surface area contributed by atoms with Gasteiger partial charge < -0.3 is 14.5 Å². The van der Waals surface area contributed by atoms with Gasteiger partial charge in [0.15, 0.2) is 0 Å². The molecule has 1 heterocycles. The first-order chi connectivity index (χ1) is 11.1. The molecule has 1 aliphatic rings. The third-order valence-corrected chi connectivity index (χ3v) is 4.57. The Morgan fingerprint density at radius 3 is 3.00 bits per heavy atom. The maximum Gasteiger partial charge on any atom is 0.249 e. The number of ether oxygens (including phenoxy) is 1. The van der Waals surface area contributed by atoms with Crippen molar-refractivity contribution in [2.75, 3.05) is 0 Å². The van der Waals surface area contributed by atoms with Crippen molar-refractivity contribution in [3.8, 4) is 0 Å². The first-order valence-corrected chi connectivity index (χ1v) is 8.52. The summed E-state index contributed by atoms with van der Waals surface area (Å²) in [5.74, 6) is 1.38. The monoisotopic (exact) mass is 315 g/mol. The quantitative estimate of drug-likeness (QED) is 0.906. The SMILES string of the molecule is CC1CCCC(OC(C)C(=O)NCc2cc3ccccc3o2)C1. The molecule has 4 heteroatoms. The van der Waals surface area contributed by atoms with Crippen LogP contribution in [0.15, 0.2) is 34.7 Å². The maximum absolute atomic E-state index is 12.2. The van der Waals surface area contributed by atoms with E-state index < -0.39 is 6.10 Å². The van der Waals surface area contributed by atoms with Gasteiger partial charge in [0.1, 0.15) is 17.4 Å². The number of carbonyl (C=O) groups excluding carboxylic acids is 1. The average molecular weight is 315 g/mol. The Morgan fingerprint density at radius 2 is 2.22 bits per heavy atom. The summed E-state index contributed by atoms with van der Waals surface area (Å²) in [6.45, 7) is 4.47. The molecule has 3 unspecified atom stereocenters. The number of furan rings is 1. The van der Waals surface area contributed by atoms with Crippen molar-refractivity contribution >= 4 is 16.9 Å². The molecule has 124 valence electrons. The average Bonchev–Trinajstić information content (AvgIpc) is 2.95. The fraction of sp³-hybridized carbons (Fsp3) is 0.526. The summed E-state index contributed by atoms with van der Waals surface area (Å²) >= 11 is 0. The minimum Gasteiger partial charge on any atom is -0.459 e. The van der Waals surface area contributed by atoms with Gasteiger partial charge in [0.25, 0.3) is 0 Å². The van der Waals surface area contributed by atoms with Crippen LogP contribution in [0.2, 0.25) is 0 Å². The largest absolute Gasteiger partial charge is 0.459 e. The van der Waals surface area contributed by atoms with E-state index in [0.717, 1.165) is 29.6 Å². The van der Waals surface area contributed by atoms with Crippen LogP contribution in [-0.2, 0) is 16.1 Å². The molecule has 1 amide bonds. The van der Waals surface area contributed by atoms with E-state index >= 15 is 0 Å². The Bertz CT molecular complexity index is 630. The van der Waals surface area contributed by atoms with Crippen LogP contribution in [0.5, 0.6) is 0 Å². The van der Waals surface area contributed by atoms with E-state index in [4.69, 9.17) is 9.15 Å². The summed E-state index contributed by atoms with van der Waals surface area (Å²) in [6, 6.07) is 9.80. The van der Waals surface area contributed by atoms with Crippen LogP contribution >= 0.6 is 0 Å². The molecule has 4 nitrogen and oxygen atoms in total. The summed E-state index contributed by atoms with van der Waals surface area (Å²) in [7, 11) is 0. The van der Waals surface area contributed by atoms with Crippen LogP contribution < -0.4 is 5.32 Å². The van der Waals surface area contributed by atoms with E-state index in [2.05, 4.69) is 12.2 Å². The van der Waals surface area contributed by atoms with Gasteiger partial charge in [-0.2, -0.15) is 0 Å². The summed E-state index contributed by atoms with van der Waals surface area (Å²) in [4.78, 5) is 12.2. The second kappa shape index (κ2) is 7.18. The molecule has 3 atom stereocenters. The Morgan fingerprint density at radius 1 is 1.39 bits per heavy atom. The highest BCUT2D eigenvalue weighted by Crippen LogP contribution is 2.26. The van der Waals surface area contributed by atoms with Gasteiger partial charge in [-0.3, -0.25) is 4.79 Å². The highest BCUT2D eigenvalue weighted by molar-refractivity contribution is 5.81. The molecule has 0 spiro atoms. The molecular formula is C19H25NO3. The van der Waals surface area contributed by atoms with Crippen molar-refractivity contribution in [3.05, 3.63) is 36.1 Å². The number of nitrogens with one attached hydrogen (secondary N) is 1. The highest BCUT2D eigenvalue weighted by Gasteiger charge is 2.24. The fourth-order valence-electron chi connectivity index (χ4n) is 3.29. The van der Waals surface area contributed by atoms with Gasteiger partial charge in [-0.05, 0) is 37.8 Å². The van der Waals surface area contributed by atoms with Crippen LogP contribution in [0.4, 0.5) is 0 Å². The van der Waals surface area contributed by atoms with Gasteiger partial charge >= 0.3 is 0 Å². The van der Waals surface area contributed by atoms with Crippen molar-refractivity contribution in [1.82, 2.24) is 5.32 Å². The van der Waals surface area contributed by atoms with E-state index in [1.807, 2.05) is 37.3 Å². The van der Waals surface area contributed by atoms with Crippen molar-refractivity contribution in [1.29, 1.82) is 0 Å². The van der Waals surface area contributed by atoms with Gasteiger partial charge in [0.2, 0.25) is 5.91 Å². The van der Waals surface area contributed by atoms with E-state index in [1.165, 1.54) is 12.8 Å². The van der Waals surface area contributed by atoms with E-state index in [9.17, 15) is 4.79 Å². The van der Waals surface area contributed by atoms with Gasteiger partial charge in [0, 0.05) is 5.39 Å². The molecular weight excluding hydrogens is 290 g/mol. The second-order valence-corrected chi connectivity index (χ2v) is 6.64. The lowest BCUT2D eigenvalue weighted by atomic mass is 9.88. The molecule has 2 aromatic rings. The number of para-hydroxylation sites is 1. The highest BCUT2D eigenvalue weighted by atomic mass is 16.5. The number of carbonyl (C=O) groups is 1. The summed E-state index contributed by atoms with van der Waals surface area (Å²) < 4.78 is 11.6. The molecule has 0 saturated heterocycles. The topological polar surface area (TPSA) is 51.5 Å². The Kier molecular flexibility index (Phi) is 5.01. The molecule has 0 bridgehead atoms. The Hall–Kier alpha value is -1.81. The fourth-order valence-corrected chi connectivity index (χ4v) is 3.29. The lowest BCUT2D eigenvalue weighted by Gasteiger charge is -2.28. The number of hydrogen-bond acceptors (Lipinski definition) is 3. The van der Waals surface area contributed by atoms with Crippen molar-refractivity contribution in [2.24, 2.45) is 5.92 Å². The number of rotatable bonds is 5. The lowest BCUT2D eigenvalue weighted by Crippen LogP contribution is -2.37. The maximum atomic E-state index is 12.2. The van der Waals surface area contributed by atoms with Crippen molar-refractivity contribution in [2.45, 2.75) is 58.3 Å². The number of hydrogen-bond donors (Lipinski definition) is 1. The first-order valence-electron chi connectivity index (χ1n) is 8.52. The van der Waals surface area contributed by atoms with Gasteiger partial charge in [0.05, 0.1) is 12.6 Å². The minimum atomic E-state index is -0.422. The van der Waals surface area contributed by atoms with Crippen LogP contribution in [0.25, 0.3) is 11.0 Å². The molecule has 1 aliphatic carbocycles. The zero-order valence-electron chi connectivity index (χ0n) is 13.9. The molecule has 1 N–H and O–H groups in total. The molecule has 1 fully saturated rings. The number of benzene rings is 1. The molecule has 1 saturated carbocycles. The molecule has 3 rings (SSSR count). The van der Waals surface area contributed by atoms with Gasteiger partial charge in [-0.1, -0.05) is 38.0 Å². The predicted molar refractivity (Wildman–Crippen MR) is 90.0 cm³/mol. The molecule has 1 aromatic heterocycles. The smallest absolute Gasteiger partial charge is 0.249 e. The van der Waals surface area contributed by atoms with Gasteiger partial charge in [-0.25, -0.2) is 0 Å². The zero-order chi connectivity index (χ0) is 16.2. The summed E-state index contributed by atoms with van der Waals surface area (Å²) in [5.41, 5.74) is 0.845. The van der Waals surface area contributed by atoms with Gasteiger partial charge in [-0.15, -0.1) is 0 Å². The lowest BCUT2D eigenvalue weighted by molar-refractivity contribution is -0.137. The summed E-state index contributed by atoms with van der Waals surface area (Å²) in [6.07, 6.45) is 4.37.